The number of rotatable bonds is 2. The molecule has 0 aliphatic rings. The zero-order valence-corrected chi connectivity index (χ0v) is 11.8. The molecule has 0 aliphatic carbocycles. The summed E-state index contributed by atoms with van der Waals surface area (Å²) in [6, 6.07) is 13.5. The van der Waals surface area contributed by atoms with Crippen LogP contribution in [0.25, 0.3) is 27.5 Å². The molecule has 2 aromatic carbocycles. The first kappa shape index (κ1) is 13.2. The lowest BCUT2D eigenvalue weighted by Gasteiger charge is -2.00. The third-order valence-electron chi connectivity index (χ3n) is 3.73. The van der Waals surface area contributed by atoms with Crippen molar-refractivity contribution < 1.29 is 4.92 Å². The zero-order chi connectivity index (χ0) is 16.0. The molecule has 0 aliphatic heterocycles. The Morgan fingerprint density at radius 2 is 1.87 bits per heavy atom. The molecule has 0 atom stereocenters. The summed E-state index contributed by atoms with van der Waals surface area (Å²) in [6.07, 6.45) is 1.49. The SMILES string of the molecule is O=c1c2cnc3ccc([N+](=O)[O-])cc3c2[nH]n1-c1ccccc1. The fourth-order valence-corrected chi connectivity index (χ4v) is 2.62. The summed E-state index contributed by atoms with van der Waals surface area (Å²) < 4.78 is 1.41. The predicted molar refractivity (Wildman–Crippen MR) is 85.9 cm³/mol. The van der Waals surface area contributed by atoms with Gasteiger partial charge in [-0.2, -0.15) is 0 Å². The summed E-state index contributed by atoms with van der Waals surface area (Å²) in [5.41, 5.74) is 1.52. The normalized spacial score (nSPS) is 11.1. The maximum absolute atomic E-state index is 12.5. The Bertz CT molecular complexity index is 1110. The van der Waals surface area contributed by atoms with Gasteiger partial charge >= 0.3 is 0 Å². The summed E-state index contributed by atoms with van der Waals surface area (Å²) >= 11 is 0. The van der Waals surface area contributed by atoms with E-state index in [2.05, 4.69) is 10.1 Å². The molecule has 0 fully saturated rings. The van der Waals surface area contributed by atoms with Crippen LogP contribution in [0.2, 0.25) is 0 Å². The van der Waals surface area contributed by atoms with Crippen molar-refractivity contribution in [2.45, 2.75) is 0 Å². The van der Waals surface area contributed by atoms with Crippen LogP contribution in [0.15, 0.2) is 59.5 Å². The predicted octanol–water partition coefficient (Wildman–Crippen LogP) is 2.78. The molecule has 2 aromatic heterocycles. The molecule has 0 radical (unpaired) electrons. The van der Waals surface area contributed by atoms with Crippen molar-refractivity contribution in [3.8, 4) is 5.69 Å². The molecule has 112 valence electrons. The second-order valence-corrected chi connectivity index (χ2v) is 5.09. The number of fused-ring (bicyclic) bond motifs is 3. The van der Waals surface area contributed by atoms with Gasteiger partial charge in [-0.1, -0.05) is 18.2 Å². The number of H-pyrrole nitrogens is 1. The van der Waals surface area contributed by atoms with E-state index in [1.165, 1.54) is 23.0 Å². The van der Waals surface area contributed by atoms with Crippen molar-refractivity contribution in [2.24, 2.45) is 0 Å². The average molecular weight is 306 g/mol. The molecule has 4 rings (SSSR count). The largest absolute Gasteiger partial charge is 0.290 e. The van der Waals surface area contributed by atoms with Gasteiger partial charge in [-0.05, 0) is 18.2 Å². The number of pyridine rings is 1. The second kappa shape index (κ2) is 4.77. The molecule has 0 saturated heterocycles. The average Bonchev–Trinajstić information content (AvgIpc) is 2.92. The van der Waals surface area contributed by atoms with Gasteiger partial charge in [0.1, 0.15) is 0 Å². The maximum atomic E-state index is 12.5. The van der Waals surface area contributed by atoms with E-state index >= 15 is 0 Å². The summed E-state index contributed by atoms with van der Waals surface area (Å²) in [5, 5.41) is 14.9. The molecular formula is C16H10N4O3. The van der Waals surface area contributed by atoms with E-state index in [0.717, 1.165) is 0 Å². The van der Waals surface area contributed by atoms with Gasteiger partial charge in [0.25, 0.3) is 11.2 Å². The van der Waals surface area contributed by atoms with E-state index in [4.69, 9.17) is 0 Å². The topological polar surface area (TPSA) is 93.8 Å². The quantitative estimate of drug-likeness (QED) is 0.455. The van der Waals surface area contributed by atoms with Gasteiger partial charge in [0, 0.05) is 23.7 Å². The van der Waals surface area contributed by atoms with Crippen LogP contribution in [0.4, 0.5) is 5.69 Å². The van der Waals surface area contributed by atoms with Crippen molar-refractivity contribution in [1.29, 1.82) is 0 Å². The monoisotopic (exact) mass is 306 g/mol. The van der Waals surface area contributed by atoms with Gasteiger partial charge in [-0.15, -0.1) is 0 Å². The Morgan fingerprint density at radius 3 is 2.61 bits per heavy atom. The standard InChI is InChI=1S/C16H10N4O3/c21-16-13-9-17-14-7-6-11(20(22)23)8-12(14)15(13)18-19(16)10-4-2-1-3-5-10/h1-9,18H. The number of nitro benzene ring substituents is 1. The molecule has 0 saturated carbocycles. The Labute approximate surface area is 128 Å². The van der Waals surface area contributed by atoms with E-state index in [1.54, 1.807) is 18.2 Å². The van der Waals surface area contributed by atoms with Crippen LogP contribution in [0.5, 0.6) is 0 Å². The minimum atomic E-state index is -0.468. The highest BCUT2D eigenvalue weighted by Gasteiger charge is 2.14. The number of non-ortho nitro benzene ring substituents is 1. The molecular weight excluding hydrogens is 296 g/mol. The zero-order valence-electron chi connectivity index (χ0n) is 11.8. The second-order valence-electron chi connectivity index (χ2n) is 5.09. The van der Waals surface area contributed by atoms with Crippen molar-refractivity contribution in [3.05, 3.63) is 75.2 Å². The van der Waals surface area contributed by atoms with E-state index in [-0.39, 0.29) is 11.2 Å². The van der Waals surface area contributed by atoms with Gasteiger partial charge in [0.2, 0.25) is 0 Å². The Morgan fingerprint density at radius 1 is 1.09 bits per heavy atom. The molecule has 4 aromatic rings. The lowest BCUT2D eigenvalue weighted by atomic mass is 10.1. The molecule has 2 heterocycles. The van der Waals surface area contributed by atoms with Crippen molar-refractivity contribution in [1.82, 2.24) is 14.8 Å². The smallest absolute Gasteiger partial charge is 0.280 e. The Balaban J connectivity index is 2.09. The first-order valence-electron chi connectivity index (χ1n) is 6.88. The van der Waals surface area contributed by atoms with Crippen LogP contribution in [-0.4, -0.2) is 19.7 Å². The van der Waals surface area contributed by atoms with Crippen LogP contribution in [-0.2, 0) is 0 Å². The van der Waals surface area contributed by atoms with Crippen LogP contribution in [0.3, 0.4) is 0 Å². The first-order valence-corrected chi connectivity index (χ1v) is 6.88. The summed E-state index contributed by atoms with van der Waals surface area (Å²) in [4.78, 5) is 27.3. The van der Waals surface area contributed by atoms with Crippen LogP contribution in [0.1, 0.15) is 0 Å². The van der Waals surface area contributed by atoms with Crippen LogP contribution < -0.4 is 5.56 Å². The Kier molecular flexibility index (Phi) is 2.74. The molecule has 0 bridgehead atoms. The van der Waals surface area contributed by atoms with Crippen molar-refractivity contribution in [2.75, 3.05) is 0 Å². The molecule has 0 amide bonds. The molecule has 0 spiro atoms. The lowest BCUT2D eigenvalue weighted by molar-refractivity contribution is -0.384. The number of nitrogens with zero attached hydrogens (tertiary/aromatic N) is 3. The highest BCUT2D eigenvalue weighted by molar-refractivity contribution is 6.03. The van der Waals surface area contributed by atoms with E-state index in [0.29, 0.717) is 27.5 Å². The molecule has 0 unspecified atom stereocenters. The minimum Gasteiger partial charge on any atom is -0.290 e. The number of hydrogen-bond donors (Lipinski definition) is 1. The maximum Gasteiger partial charge on any atom is 0.280 e. The molecule has 1 N–H and O–H groups in total. The number of nitrogens with one attached hydrogen (secondary N) is 1. The third-order valence-corrected chi connectivity index (χ3v) is 3.73. The van der Waals surface area contributed by atoms with Crippen molar-refractivity contribution in [3.63, 3.8) is 0 Å². The van der Waals surface area contributed by atoms with E-state index in [1.807, 2.05) is 18.2 Å². The fraction of sp³-hybridized carbons (Fsp3) is 0. The van der Waals surface area contributed by atoms with E-state index in [9.17, 15) is 14.9 Å². The van der Waals surface area contributed by atoms with Gasteiger partial charge in [0.15, 0.2) is 0 Å². The molecule has 23 heavy (non-hydrogen) atoms. The van der Waals surface area contributed by atoms with E-state index < -0.39 is 4.92 Å². The lowest BCUT2D eigenvalue weighted by Crippen LogP contribution is -2.13. The number of benzene rings is 2. The minimum absolute atomic E-state index is 0.0416. The number of para-hydroxylation sites is 1. The van der Waals surface area contributed by atoms with Crippen molar-refractivity contribution >= 4 is 27.5 Å². The molecule has 7 nitrogen and oxygen atoms in total. The number of aromatic nitrogens is 3. The van der Waals surface area contributed by atoms with Gasteiger partial charge in [-0.3, -0.25) is 25.0 Å². The van der Waals surface area contributed by atoms with Gasteiger partial charge in [0.05, 0.1) is 27.0 Å². The first-order chi connectivity index (χ1) is 11.1. The Hall–Kier alpha value is -3.48. The number of nitro groups is 1. The fourth-order valence-electron chi connectivity index (χ4n) is 2.62. The number of hydrogen-bond acceptors (Lipinski definition) is 4. The highest BCUT2D eigenvalue weighted by atomic mass is 16.6. The summed E-state index contributed by atoms with van der Waals surface area (Å²) in [5.74, 6) is 0. The summed E-state index contributed by atoms with van der Waals surface area (Å²) in [7, 11) is 0. The number of aromatic amines is 1. The molecule has 7 heteroatoms. The van der Waals surface area contributed by atoms with Crippen LogP contribution in [0, 0.1) is 10.1 Å². The third kappa shape index (κ3) is 1.98. The van der Waals surface area contributed by atoms with Crippen LogP contribution >= 0.6 is 0 Å². The van der Waals surface area contributed by atoms with Gasteiger partial charge < -0.3 is 0 Å². The summed E-state index contributed by atoms with van der Waals surface area (Å²) in [6.45, 7) is 0. The van der Waals surface area contributed by atoms with Gasteiger partial charge in [-0.25, -0.2) is 4.68 Å². The highest BCUT2D eigenvalue weighted by Crippen LogP contribution is 2.25.